The highest BCUT2D eigenvalue weighted by atomic mass is 16.7. The highest BCUT2D eigenvalue weighted by molar-refractivity contribution is 6.62. The zero-order valence-corrected chi connectivity index (χ0v) is 23.5. The molecular weight excluding hydrogens is 470 g/mol. The Morgan fingerprint density at radius 1 is 0.816 bits per heavy atom. The summed E-state index contributed by atoms with van der Waals surface area (Å²) in [7, 11) is -0.0307. The Kier molecular flexibility index (Phi) is 6.98. The van der Waals surface area contributed by atoms with Crippen LogP contribution in [0, 0.1) is 0 Å². The second kappa shape index (κ2) is 9.84. The Labute approximate surface area is 227 Å². The maximum Gasteiger partial charge on any atom is 0.494 e. The zero-order valence-electron chi connectivity index (χ0n) is 23.5. The van der Waals surface area contributed by atoms with Gasteiger partial charge in [0.05, 0.1) is 22.4 Å². The van der Waals surface area contributed by atoms with Crippen molar-refractivity contribution in [1.82, 2.24) is 0 Å². The first kappa shape index (κ1) is 27.0. The second-order valence-corrected chi connectivity index (χ2v) is 12.1. The van der Waals surface area contributed by atoms with E-state index in [0.717, 1.165) is 16.3 Å². The minimum absolute atomic E-state index is 0.427. The summed E-state index contributed by atoms with van der Waals surface area (Å²) in [5, 5.41) is 16.4. The van der Waals surface area contributed by atoms with Gasteiger partial charge in [0.25, 0.3) is 0 Å². The third-order valence-corrected chi connectivity index (χ3v) is 8.94. The van der Waals surface area contributed by atoms with Gasteiger partial charge in [-0.1, -0.05) is 84.9 Å². The number of benzene rings is 4. The van der Waals surface area contributed by atoms with Crippen molar-refractivity contribution in [2.75, 3.05) is 0 Å². The van der Waals surface area contributed by atoms with Gasteiger partial charge < -0.3 is 19.1 Å². The van der Waals surface area contributed by atoms with E-state index < -0.39 is 29.5 Å². The third-order valence-electron chi connectivity index (χ3n) is 8.94. The standard InChI is InChI=1S/C32H38B2O4/c1-29(2,36-33-28-17-11-15-24-13-9-10-16-27(24)28)31(5,35)20-21-32(6)30(3,4)37-34(38-32)26-19-18-23-12-7-8-14-25(23)22-26/h7-19,22,33,35H,20-21H2,1-6H3. The predicted octanol–water partition coefficient (Wildman–Crippen LogP) is 5.28. The number of hydrogen-bond donors (Lipinski definition) is 1. The van der Waals surface area contributed by atoms with Gasteiger partial charge in [0, 0.05) is 0 Å². The van der Waals surface area contributed by atoms with Crippen molar-refractivity contribution in [2.45, 2.75) is 76.8 Å². The normalized spacial score (nSPS) is 21.1. The van der Waals surface area contributed by atoms with Crippen molar-refractivity contribution >= 4 is 47.1 Å². The van der Waals surface area contributed by atoms with Crippen molar-refractivity contribution in [2.24, 2.45) is 0 Å². The summed E-state index contributed by atoms with van der Waals surface area (Å²) >= 11 is 0. The van der Waals surface area contributed by atoms with Crippen molar-refractivity contribution in [3.63, 3.8) is 0 Å². The van der Waals surface area contributed by atoms with E-state index in [1.54, 1.807) is 0 Å². The largest absolute Gasteiger partial charge is 0.494 e. The van der Waals surface area contributed by atoms with Gasteiger partial charge in [-0.3, -0.25) is 0 Å². The molecule has 0 amide bonds. The summed E-state index contributed by atoms with van der Waals surface area (Å²) in [6.45, 7) is 12.0. The van der Waals surface area contributed by atoms with Crippen LogP contribution in [0.4, 0.5) is 0 Å². The molecule has 1 N–H and O–H groups in total. The zero-order chi connectivity index (χ0) is 27.2. The average Bonchev–Trinajstić information content (AvgIpc) is 3.14. The van der Waals surface area contributed by atoms with Gasteiger partial charge in [0.1, 0.15) is 0 Å². The fourth-order valence-electron chi connectivity index (χ4n) is 5.26. The van der Waals surface area contributed by atoms with E-state index >= 15 is 0 Å². The van der Waals surface area contributed by atoms with E-state index in [2.05, 4.69) is 81.4 Å². The second-order valence-electron chi connectivity index (χ2n) is 12.1. The minimum atomic E-state index is -1.08. The first-order valence-electron chi connectivity index (χ1n) is 13.6. The van der Waals surface area contributed by atoms with Crippen LogP contribution in [0.1, 0.15) is 54.4 Å². The van der Waals surface area contributed by atoms with Gasteiger partial charge in [-0.25, -0.2) is 0 Å². The van der Waals surface area contributed by atoms with Crippen LogP contribution < -0.4 is 10.9 Å². The number of fused-ring (bicyclic) bond motifs is 2. The van der Waals surface area contributed by atoms with Crippen LogP contribution in [-0.2, 0) is 14.0 Å². The van der Waals surface area contributed by atoms with Crippen LogP contribution in [0.5, 0.6) is 0 Å². The SMILES string of the molecule is CC(O)(CCC1(C)OB(c2ccc3ccccc3c2)OC1(C)C)C(C)(C)OBc1cccc2ccccc12. The molecule has 0 saturated carbocycles. The molecule has 2 unspecified atom stereocenters. The monoisotopic (exact) mass is 508 g/mol. The van der Waals surface area contributed by atoms with Gasteiger partial charge in [-0.05, 0) is 86.9 Å². The Bertz CT molecular complexity index is 1440. The van der Waals surface area contributed by atoms with Crippen LogP contribution in [0.2, 0.25) is 0 Å². The molecule has 1 saturated heterocycles. The molecule has 196 valence electrons. The van der Waals surface area contributed by atoms with E-state index in [9.17, 15) is 5.11 Å². The number of hydrogen-bond acceptors (Lipinski definition) is 4. The number of rotatable bonds is 8. The predicted molar refractivity (Wildman–Crippen MR) is 160 cm³/mol. The lowest BCUT2D eigenvalue weighted by Gasteiger charge is -2.44. The summed E-state index contributed by atoms with van der Waals surface area (Å²) in [5.41, 5.74) is -0.855. The van der Waals surface area contributed by atoms with E-state index in [0.29, 0.717) is 20.3 Å². The molecule has 0 bridgehead atoms. The number of aliphatic hydroxyl groups is 1. The maximum absolute atomic E-state index is 11.7. The van der Waals surface area contributed by atoms with Gasteiger partial charge in [-0.15, -0.1) is 0 Å². The Hall–Kier alpha value is -2.63. The van der Waals surface area contributed by atoms with Gasteiger partial charge in [-0.2, -0.15) is 0 Å². The summed E-state index contributed by atoms with van der Waals surface area (Å²) in [6, 6.07) is 29.2. The average molecular weight is 508 g/mol. The molecule has 0 aromatic heterocycles. The topological polar surface area (TPSA) is 47.9 Å². The molecule has 1 fully saturated rings. The first-order valence-corrected chi connectivity index (χ1v) is 13.6. The lowest BCUT2D eigenvalue weighted by molar-refractivity contribution is -0.120. The molecule has 4 aromatic rings. The van der Waals surface area contributed by atoms with Gasteiger partial charge >= 0.3 is 14.6 Å². The molecule has 4 aromatic carbocycles. The highest BCUT2D eigenvalue weighted by Gasteiger charge is 2.55. The maximum atomic E-state index is 11.7. The van der Waals surface area contributed by atoms with Crippen molar-refractivity contribution in [3.05, 3.63) is 84.9 Å². The molecule has 0 spiro atoms. The fraction of sp³-hybridized carbons (Fsp3) is 0.375. The van der Waals surface area contributed by atoms with E-state index in [4.69, 9.17) is 14.0 Å². The summed E-state index contributed by atoms with van der Waals surface area (Å²) in [5.74, 6) is 0. The van der Waals surface area contributed by atoms with Crippen LogP contribution in [-0.4, -0.2) is 42.1 Å². The van der Waals surface area contributed by atoms with Crippen molar-refractivity contribution in [3.8, 4) is 0 Å². The molecule has 4 nitrogen and oxygen atoms in total. The van der Waals surface area contributed by atoms with E-state index in [1.807, 2.05) is 45.0 Å². The molecule has 38 heavy (non-hydrogen) atoms. The summed E-state index contributed by atoms with van der Waals surface area (Å²) in [4.78, 5) is 0. The molecule has 1 aliphatic rings. The molecular formula is C32H38B2O4. The molecule has 0 radical (unpaired) electrons. The van der Waals surface area contributed by atoms with Gasteiger partial charge in [0.15, 0.2) is 0 Å². The molecule has 5 rings (SSSR count). The van der Waals surface area contributed by atoms with E-state index in [-0.39, 0.29) is 0 Å². The molecule has 1 aliphatic heterocycles. The molecule has 0 aliphatic carbocycles. The van der Waals surface area contributed by atoms with Gasteiger partial charge in [0.2, 0.25) is 0 Å². The lowest BCUT2D eigenvalue weighted by atomic mass is 9.75. The van der Waals surface area contributed by atoms with Crippen LogP contribution in [0.3, 0.4) is 0 Å². The minimum Gasteiger partial charge on any atom is -0.427 e. The Balaban J connectivity index is 1.28. The smallest absolute Gasteiger partial charge is 0.427 e. The lowest BCUT2D eigenvalue weighted by Crippen LogP contribution is -2.53. The highest BCUT2D eigenvalue weighted by Crippen LogP contribution is 2.43. The summed E-state index contributed by atoms with van der Waals surface area (Å²) in [6.07, 6.45) is 1.13. The molecule has 6 heteroatoms. The van der Waals surface area contributed by atoms with Crippen molar-refractivity contribution in [1.29, 1.82) is 0 Å². The van der Waals surface area contributed by atoms with E-state index in [1.165, 1.54) is 16.2 Å². The quantitative estimate of drug-likeness (QED) is 0.330. The Morgan fingerprint density at radius 3 is 2.24 bits per heavy atom. The van der Waals surface area contributed by atoms with Crippen LogP contribution >= 0.6 is 0 Å². The summed E-state index contributed by atoms with van der Waals surface area (Å²) < 4.78 is 19.5. The van der Waals surface area contributed by atoms with Crippen molar-refractivity contribution < 1.29 is 19.1 Å². The third kappa shape index (κ3) is 5.03. The molecule has 1 heterocycles. The fourth-order valence-corrected chi connectivity index (χ4v) is 5.26. The first-order chi connectivity index (χ1) is 17.9. The Morgan fingerprint density at radius 2 is 1.47 bits per heavy atom. The van der Waals surface area contributed by atoms with Crippen LogP contribution in [0.25, 0.3) is 21.5 Å². The molecule has 2 atom stereocenters. The van der Waals surface area contributed by atoms with Crippen LogP contribution in [0.15, 0.2) is 84.9 Å².